The van der Waals surface area contributed by atoms with Gasteiger partial charge in [-0.15, -0.1) is 0 Å². The Bertz CT molecular complexity index is 576. The lowest BCUT2D eigenvalue weighted by molar-refractivity contribution is -0.120. The van der Waals surface area contributed by atoms with E-state index >= 15 is 0 Å². The number of furan rings is 1. The molecular weight excluding hydrogens is 252 g/mol. The monoisotopic (exact) mass is 272 g/mol. The lowest BCUT2D eigenvalue weighted by Gasteiger charge is -2.13. The molecule has 1 unspecified atom stereocenters. The average molecular weight is 272 g/mol. The topological polar surface area (TPSA) is 54.3 Å². The zero-order chi connectivity index (χ0) is 14.5. The van der Waals surface area contributed by atoms with Crippen LogP contribution >= 0.6 is 0 Å². The van der Waals surface area contributed by atoms with Gasteiger partial charge in [0, 0.05) is 5.69 Å². The first-order valence-electron chi connectivity index (χ1n) is 6.70. The predicted molar refractivity (Wildman–Crippen MR) is 79.7 cm³/mol. The molecule has 0 aliphatic carbocycles. The Morgan fingerprint density at radius 1 is 1.30 bits per heavy atom. The third-order valence-corrected chi connectivity index (χ3v) is 3.17. The van der Waals surface area contributed by atoms with Crippen LogP contribution in [0.4, 0.5) is 5.69 Å². The number of anilines is 1. The smallest absolute Gasteiger partial charge is 0.239 e. The van der Waals surface area contributed by atoms with E-state index < -0.39 is 0 Å². The summed E-state index contributed by atoms with van der Waals surface area (Å²) in [7, 11) is 0. The molecule has 0 bridgehead atoms. The normalized spacial score (nSPS) is 11.9. The van der Waals surface area contributed by atoms with Crippen molar-refractivity contribution in [1.82, 2.24) is 5.32 Å². The first-order valence-corrected chi connectivity index (χ1v) is 6.70. The summed E-state index contributed by atoms with van der Waals surface area (Å²) in [6.45, 7) is 6.22. The number of carbonyl (C=O) groups is 1. The van der Waals surface area contributed by atoms with Crippen LogP contribution in [0.15, 0.2) is 41.0 Å². The molecule has 1 amide bonds. The van der Waals surface area contributed by atoms with Crippen molar-refractivity contribution in [2.24, 2.45) is 0 Å². The Hall–Kier alpha value is -2.23. The van der Waals surface area contributed by atoms with Crippen molar-refractivity contribution in [3.63, 3.8) is 0 Å². The van der Waals surface area contributed by atoms with Gasteiger partial charge in [0.25, 0.3) is 0 Å². The minimum absolute atomic E-state index is 0.0612. The quantitative estimate of drug-likeness (QED) is 0.879. The molecule has 1 heterocycles. The first-order chi connectivity index (χ1) is 9.56. The number of nitrogens with one attached hydrogen (secondary N) is 2. The van der Waals surface area contributed by atoms with Crippen LogP contribution in [0.1, 0.15) is 29.9 Å². The number of benzene rings is 1. The highest BCUT2D eigenvalue weighted by atomic mass is 16.3. The minimum Gasteiger partial charge on any atom is -0.467 e. The Morgan fingerprint density at radius 3 is 2.75 bits per heavy atom. The van der Waals surface area contributed by atoms with Crippen molar-refractivity contribution in [3.05, 3.63) is 53.5 Å². The van der Waals surface area contributed by atoms with E-state index in [-0.39, 0.29) is 18.5 Å². The van der Waals surface area contributed by atoms with Gasteiger partial charge in [0.15, 0.2) is 0 Å². The van der Waals surface area contributed by atoms with Crippen LogP contribution in [0.2, 0.25) is 0 Å². The van der Waals surface area contributed by atoms with E-state index in [9.17, 15) is 4.79 Å². The number of carbonyl (C=O) groups excluding carboxylic acids is 1. The molecule has 0 radical (unpaired) electrons. The molecule has 0 saturated carbocycles. The fourth-order valence-corrected chi connectivity index (χ4v) is 2.09. The summed E-state index contributed by atoms with van der Waals surface area (Å²) in [5.74, 6) is 0.693. The molecule has 4 heteroatoms. The van der Waals surface area contributed by atoms with Gasteiger partial charge in [-0.05, 0) is 44.5 Å². The second-order valence-corrected chi connectivity index (χ2v) is 4.98. The van der Waals surface area contributed by atoms with Gasteiger partial charge < -0.3 is 15.1 Å². The SMILES string of the molecule is Cc1ccc(NCC(=O)NC(C)c2ccco2)c(C)c1. The highest BCUT2D eigenvalue weighted by Crippen LogP contribution is 2.16. The molecule has 0 aliphatic heterocycles. The summed E-state index contributed by atoms with van der Waals surface area (Å²) in [4.78, 5) is 11.9. The highest BCUT2D eigenvalue weighted by Gasteiger charge is 2.11. The number of hydrogen-bond acceptors (Lipinski definition) is 3. The molecule has 2 N–H and O–H groups in total. The number of aryl methyl sites for hydroxylation is 2. The lowest BCUT2D eigenvalue weighted by atomic mass is 10.1. The van der Waals surface area contributed by atoms with Crippen molar-refractivity contribution >= 4 is 11.6 Å². The fourth-order valence-electron chi connectivity index (χ4n) is 2.09. The van der Waals surface area contributed by atoms with Crippen molar-refractivity contribution < 1.29 is 9.21 Å². The Labute approximate surface area is 119 Å². The van der Waals surface area contributed by atoms with Crippen molar-refractivity contribution in [3.8, 4) is 0 Å². The molecule has 0 aliphatic rings. The van der Waals surface area contributed by atoms with Gasteiger partial charge in [0.2, 0.25) is 5.91 Å². The third-order valence-electron chi connectivity index (χ3n) is 3.17. The molecule has 1 atom stereocenters. The van der Waals surface area contributed by atoms with E-state index in [0.717, 1.165) is 17.0 Å². The van der Waals surface area contributed by atoms with Crippen molar-refractivity contribution in [2.75, 3.05) is 11.9 Å². The average Bonchev–Trinajstić information content (AvgIpc) is 2.91. The summed E-state index contributed by atoms with van der Waals surface area (Å²) >= 11 is 0. The molecule has 4 nitrogen and oxygen atoms in total. The van der Waals surface area contributed by atoms with Gasteiger partial charge in [0.1, 0.15) is 5.76 Å². The van der Waals surface area contributed by atoms with Crippen molar-refractivity contribution in [2.45, 2.75) is 26.8 Å². The molecule has 106 valence electrons. The van der Waals surface area contributed by atoms with E-state index in [1.807, 2.05) is 38.1 Å². The molecule has 2 aromatic rings. The number of amides is 1. The zero-order valence-electron chi connectivity index (χ0n) is 12.1. The maximum absolute atomic E-state index is 11.9. The Kier molecular flexibility index (Phi) is 4.45. The molecule has 0 saturated heterocycles. The van der Waals surface area contributed by atoms with Gasteiger partial charge >= 0.3 is 0 Å². The molecule has 1 aromatic carbocycles. The van der Waals surface area contributed by atoms with Crippen LogP contribution in [0.5, 0.6) is 0 Å². The molecule has 20 heavy (non-hydrogen) atoms. The predicted octanol–water partition coefficient (Wildman–Crippen LogP) is 3.19. The Morgan fingerprint density at radius 2 is 2.10 bits per heavy atom. The summed E-state index contributed by atoms with van der Waals surface area (Å²) < 4.78 is 5.26. The second kappa shape index (κ2) is 6.28. The third kappa shape index (κ3) is 3.63. The van der Waals surface area contributed by atoms with Crippen LogP contribution in [0, 0.1) is 13.8 Å². The summed E-state index contributed by atoms with van der Waals surface area (Å²) in [6.07, 6.45) is 1.60. The number of hydrogen-bond donors (Lipinski definition) is 2. The largest absolute Gasteiger partial charge is 0.467 e. The zero-order valence-corrected chi connectivity index (χ0v) is 12.1. The van der Waals surface area contributed by atoms with E-state index in [0.29, 0.717) is 0 Å². The van der Waals surface area contributed by atoms with Gasteiger partial charge in [-0.3, -0.25) is 4.79 Å². The molecule has 2 rings (SSSR count). The highest BCUT2D eigenvalue weighted by molar-refractivity contribution is 5.81. The lowest BCUT2D eigenvalue weighted by Crippen LogP contribution is -2.32. The molecule has 0 fully saturated rings. The van der Waals surface area contributed by atoms with Crippen LogP contribution in [-0.4, -0.2) is 12.5 Å². The standard InChI is InChI=1S/C16H20N2O2/c1-11-6-7-14(12(2)9-11)17-10-16(19)18-13(3)15-5-4-8-20-15/h4-9,13,17H,10H2,1-3H3,(H,18,19). The minimum atomic E-state index is -0.126. The fraction of sp³-hybridized carbons (Fsp3) is 0.312. The van der Waals surface area contributed by atoms with E-state index in [1.54, 1.807) is 6.26 Å². The Balaban J connectivity index is 1.86. The maximum atomic E-state index is 11.9. The van der Waals surface area contributed by atoms with Gasteiger partial charge in [-0.1, -0.05) is 17.7 Å². The summed E-state index contributed by atoms with van der Waals surface area (Å²) in [6, 6.07) is 9.64. The van der Waals surface area contributed by atoms with E-state index in [1.165, 1.54) is 5.56 Å². The van der Waals surface area contributed by atoms with Gasteiger partial charge in [-0.2, -0.15) is 0 Å². The van der Waals surface area contributed by atoms with Gasteiger partial charge in [-0.25, -0.2) is 0 Å². The summed E-state index contributed by atoms with van der Waals surface area (Å²) in [5, 5.41) is 6.04. The summed E-state index contributed by atoms with van der Waals surface area (Å²) in [5.41, 5.74) is 3.33. The maximum Gasteiger partial charge on any atom is 0.239 e. The van der Waals surface area contributed by atoms with Crippen LogP contribution < -0.4 is 10.6 Å². The second-order valence-electron chi connectivity index (χ2n) is 4.98. The number of rotatable bonds is 5. The first kappa shape index (κ1) is 14.2. The molecule has 0 spiro atoms. The van der Waals surface area contributed by atoms with E-state index in [2.05, 4.69) is 23.6 Å². The molecule has 1 aromatic heterocycles. The van der Waals surface area contributed by atoms with Crippen molar-refractivity contribution in [1.29, 1.82) is 0 Å². The molecular formula is C16H20N2O2. The van der Waals surface area contributed by atoms with Crippen LogP contribution in [0.3, 0.4) is 0 Å². The van der Waals surface area contributed by atoms with E-state index in [4.69, 9.17) is 4.42 Å². The van der Waals surface area contributed by atoms with Crippen LogP contribution in [-0.2, 0) is 4.79 Å². The van der Waals surface area contributed by atoms with Gasteiger partial charge in [0.05, 0.1) is 18.8 Å². The van der Waals surface area contributed by atoms with Crippen LogP contribution in [0.25, 0.3) is 0 Å².